The van der Waals surface area contributed by atoms with E-state index < -0.39 is 5.97 Å². The first-order chi connectivity index (χ1) is 7.36. The van der Waals surface area contributed by atoms with Gasteiger partial charge in [0.15, 0.2) is 11.6 Å². The molecule has 0 saturated heterocycles. The van der Waals surface area contributed by atoms with Gasteiger partial charge in [0.25, 0.3) is 0 Å². The van der Waals surface area contributed by atoms with Crippen LogP contribution in [0, 0.1) is 0 Å². The van der Waals surface area contributed by atoms with E-state index in [-0.39, 0.29) is 54.0 Å². The van der Waals surface area contributed by atoms with Gasteiger partial charge in [0, 0.05) is 28.3 Å². The van der Waals surface area contributed by atoms with E-state index in [1.165, 1.54) is 0 Å². The van der Waals surface area contributed by atoms with Crippen molar-refractivity contribution in [2.75, 3.05) is 0 Å². The van der Waals surface area contributed by atoms with Crippen molar-refractivity contribution in [3.05, 3.63) is 22.3 Å². The molecule has 17 heavy (non-hydrogen) atoms. The summed E-state index contributed by atoms with van der Waals surface area (Å²) in [6.07, 6.45) is -0.179. The molecule has 0 aromatic heterocycles. The molecule has 5 heteroatoms. The zero-order chi connectivity index (χ0) is 12.5. The fraction of sp³-hybridized carbons (Fsp3) is 0.417. The number of rotatable bonds is 3. The van der Waals surface area contributed by atoms with Crippen molar-refractivity contribution < 1.29 is 49.0 Å². The first-order valence-corrected chi connectivity index (χ1v) is 5.02. The van der Waals surface area contributed by atoms with E-state index in [1.54, 1.807) is 20.8 Å². The molecule has 4 nitrogen and oxygen atoms in total. The van der Waals surface area contributed by atoms with Crippen LogP contribution in [0.15, 0.2) is 22.3 Å². The summed E-state index contributed by atoms with van der Waals surface area (Å²) in [4.78, 5) is 33.9. The second-order valence-corrected chi connectivity index (χ2v) is 3.88. The maximum atomic E-state index is 11.8. The van der Waals surface area contributed by atoms with E-state index in [2.05, 4.69) is 0 Å². The maximum absolute atomic E-state index is 11.8. The molecule has 0 radical (unpaired) electrons. The van der Waals surface area contributed by atoms with Crippen molar-refractivity contribution in [2.24, 2.45) is 0 Å². The average Bonchev–Trinajstić information content (AvgIpc) is 2.23. The second-order valence-electron chi connectivity index (χ2n) is 3.88. The Kier molecular flexibility index (Phi) is 6.02. The minimum atomic E-state index is -1.22. The Balaban J connectivity index is 0.00000256. The number of carboxylic acids is 1. The average molecular weight is 244 g/mol. The molecule has 1 aliphatic carbocycles. The number of hydrogen-bond donors (Lipinski definition) is 0. The zero-order valence-electron chi connectivity index (χ0n) is 10.5. The molecule has 0 aromatic rings. The van der Waals surface area contributed by atoms with Gasteiger partial charge in [0.1, 0.15) is 0 Å². The monoisotopic (exact) mass is 244 g/mol. The van der Waals surface area contributed by atoms with Crippen molar-refractivity contribution in [2.45, 2.75) is 33.6 Å². The fourth-order valence-electron chi connectivity index (χ4n) is 1.68. The minimum absolute atomic E-state index is 0. The third-order valence-corrected chi connectivity index (χ3v) is 2.89. The van der Waals surface area contributed by atoms with Gasteiger partial charge in [0.05, 0.1) is 0 Å². The maximum Gasteiger partial charge on any atom is 1.00 e. The normalized spacial score (nSPS) is 16.2. The third kappa shape index (κ3) is 3.37. The van der Waals surface area contributed by atoms with Crippen molar-refractivity contribution in [1.82, 2.24) is 0 Å². The van der Waals surface area contributed by atoms with Crippen molar-refractivity contribution in [1.29, 1.82) is 0 Å². The van der Waals surface area contributed by atoms with Gasteiger partial charge in [0.2, 0.25) is 0 Å². The first kappa shape index (κ1) is 16.3. The number of aliphatic carboxylic acids is 1. The zero-order valence-corrected chi connectivity index (χ0v) is 12.5. The first-order valence-electron chi connectivity index (χ1n) is 5.02. The molecule has 1 rings (SSSR count). The number of Topliss-reactive ketones (excluding diaryl/α,β-unsaturated/α-hetero) is 2. The van der Waals surface area contributed by atoms with Gasteiger partial charge >= 0.3 is 29.6 Å². The fourth-order valence-corrected chi connectivity index (χ4v) is 1.68. The van der Waals surface area contributed by atoms with E-state index in [0.29, 0.717) is 22.3 Å². The molecule has 0 saturated carbocycles. The van der Waals surface area contributed by atoms with Gasteiger partial charge < -0.3 is 9.90 Å². The molecule has 0 unspecified atom stereocenters. The van der Waals surface area contributed by atoms with Crippen LogP contribution in [0.3, 0.4) is 0 Å². The van der Waals surface area contributed by atoms with E-state index in [4.69, 9.17) is 0 Å². The van der Waals surface area contributed by atoms with Gasteiger partial charge in [-0.2, -0.15) is 0 Å². The molecule has 0 aliphatic heterocycles. The van der Waals surface area contributed by atoms with Crippen LogP contribution in [0.4, 0.5) is 0 Å². The van der Waals surface area contributed by atoms with Crippen molar-refractivity contribution in [3.63, 3.8) is 0 Å². The standard InChI is InChI=1S/C12H14O4.Na/c1-6-7(2)12(16)9(4-5-10(13)14)8(3)11(6)15;/h4-5H2,1-3H3,(H,13,14);/q;+1/p-1. The number of ketones is 2. The molecule has 0 amide bonds. The predicted molar refractivity (Wildman–Crippen MR) is 55.3 cm³/mol. The molecule has 0 heterocycles. The Labute approximate surface area is 122 Å². The quantitative estimate of drug-likeness (QED) is 0.401. The van der Waals surface area contributed by atoms with E-state index in [9.17, 15) is 19.5 Å². The molecular weight excluding hydrogens is 231 g/mol. The van der Waals surface area contributed by atoms with Crippen LogP contribution >= 0.6 is 0 Å². The Morgan fingerprint density at radius 3 is 1.94 bits per heavy atom. The molecule has 0 fully saturated rings. The molecule has 0 atom stereocenters. The topological polar surface area (TPSA) is 74.3 Å². The van der Waals surface area contributed by atoms with Crippen LogP contribution in [0.25, 0.3) is 0 Å². The summed E-state index contributed by atoms with van der Waals surface area (Å²) in [6.45, 7) is 4.75. The SMILES string of the molecule is CC1=C(C)C(=O)C(CCC(=O)[O-])=C(C)C1=O.[Na+]. The smallest absolute Gasteiger partial charge is 0.550 e. The van der Waals surface area contributed by atoms with Crippen LogP contribution in [-0.4, -0.2) is 17.5 Å². The summed E-state index contributed by atoms with van der Waals surface area (Å²) in [5.41, 5.74) is 1.51. The van der Waals surface area contributed by atoms with E-state index in [0.717, 1.165) is 0 Å². The van der Waals surface area contributed by atoms with E-state index in [1.807, 2.05) is 0 Å². The van der Waals surface area contributed by atoms with Crippen LogP contribution in [-0.2, 0) is 14.4 Å². The van der Waals surface area contributed by atoms with E-state index >= 15 is 0 Å². The summed E-state index contributed by atoms with van der Waals surface area (Å²) in [5.74, 6) is -1.62. The van der Waals surface area contributed by atoms with Crippen LogP contribution in [0.5, 0.6) is 0 Å². The molecule has 0 aromatic carbocycles. The Bertz CT molecular complexity index is 443. The third-order valence-electron chi connectivity index (χ3n) is 2.89. The van der Waals surface area contributed by atoms with Gasteiger partial charge in [-0.05, 0) is 33.6 Å². The van der Waals surface area contributed by atoms with Crippen LogP contribution in [0.2, 0.25) is 0 Å². The van der Waals surface area contributed by atoms with Gasteiger partial charge in [-0.1, -0.05) is 0 Å². The molecule has 86 valence electrons. The van der Waals surface area contributed by atoms with Gasteiger partial charge in [-0.3, -0.25) is 9.59 Å². The predicted octanol–water partition coefficient (Wildman–Crippen LogP) is -2.67. The minimum Gasteiger partial charge on any atom is -0.550 e. The molecule has 0 spiro atoms. The number of carbonyl (C=O) groups is 3. The number of hydrogen-bond acceptors (Lipinski definition) is 4. The molecule has 0 bridgehead atoms. The van der Waals surface area contributed by atoms with Crippen molar-refractivity contribution >= 4 is 17.5 Å². The summed E-state index contributed by atoms with van der Waals surface area (Å²) < 4.78 is 0. The van der Waals surface area contributed by atoms with Crippen LogP contribution in [0.1, 0.15) is 33.6 Å². The Hall–Kier alpha value is -0.710. The summed E-state index contributed by atoms with van der Waals surface area (Å²) in [7, 11) is 0. The molecule has 0 N–H and O–H groups in total. The largest absolute Gasteiger partial charge is 1.00 e. The number of carbonyl (C=O) groups excluding carboxylic acids is 3. The molecule has 1 aliphatic rings. The van der Waals surface area contributed by atoms with Crippen molar-refractivity contribution in [3.8, 4) is 0 Å². The van der Waals surface area contributed by atoms with Gasteiger partial charge in [-0.15, -0.1) is 0 Å². The van der Waals surface area contributed by atoms with Crippen LogP contribution < -0.4 is 34.7 Å². The Morgan fingerprint density at radius 1 is 1.00 bits per heavy atom. The summed E-state index contributed by atoms with van der Waals surface area (Å²) in [5, 5.41) is 10.3. The number of carboxylic acid groups (broad SMARTS) is 1. The summed E-state index contributed by atoms with van der Waals surface area (Å²) in [6, 6.07) is 0. The summed E-state index contributed by atoms with van der Waals surface area (Å²) >= 11 is 0. The molecular formula is C12H13NaO4. The second kappa shape index (κ2) is 6.28. The van der Waals surface area contributed by atoms with Gasteiger partial charge in [-0.25, -0.2) is 0 Å². The Morgan fingerprint density at radius 2 is 1.47 bits per heavy atom. The number of allylic oxidation sites excluding steroid dienone is 4.